The summed E-state index contributed by atoms with van der Waals surface area (Å²) < 4.78 is 12.8. The van der Waals surface area contributed by atoms with E-state index in [0.29, 0.717) is 11.3 Å². The van der Waals surface area contributed by atoms with Crippen molar-refractivity contribution < 1.29 is 9.15 Å². The molecule has 0 atom stereocenters. The fraction of sp³-hybridized carbons (Fsp3) is 0.158. The average Bonchev–Trinajstić information content (AvgIpc) is 3.18. The Bertz CT molecular complexity index is 1130. The molecule has 2 aromatic heterocycles. The van der Waals surface area contributed by atoms with Crippen molar-refractivity contribution in [2.75, 3.05) is 0 Å². The number of nitrogens with zero attached hydrogens (tertiary/aromatic N) is 4. The van der Waals surface area contributed by atoms with E-state index in [1.54, 1.807) is 4.68 Å². The monoisotopic (exact) mass is 348 g/mol. The van der Waals surface area contributed by atoms with Crippen LogP contribution in [-0.2, 0) is 6.61 Å². The summed E-state index contributed by atoms with van der Waals surface area (Å²) in [5.41, 5.74) is 3.84. The van der Waals surface area contributed by atoms with Gasteiger partial charge in [-0.05, 0) is 47.5 Å². The van der Waals surface area contributed by atoms with Gasteiger partial charge in [0.15, 0.2) is 0 Å². The molecule has 0 fully saturated rings. The molecule has 7 nitrogen and oxygen atoms in total. The van der Waals surface area contributed by atoms with E-state index in [9.17, 15) is 4.79 Å². The third-order valence-corrected chi connectivity index (χ3v) is 4.34. The molecule has 0 saturated heterocycles. The molecule has 0 bridgehead atoms. The Morgan fingerprint density at radius 1 is 1.15 bits per heavy atom. The minimum absolute atomic E-state index is 0.254. The molecule has 130 valence electrons. The third kappa shape index (κ3) is 2.95. The number of aryl methyl sites for hydroxylation is 2. The smallest absolute Gasteiger partial charge is 0.336 e. The van der Waals surface area contributed by atoms with Gasteiger partial charge in [-0.2, -0.15) is 0 Å². The Balaban J connectivity index is 1.66. The van der Waals surface area contributed by atoms with Gasteiger partial charge in [0.25, 0.3) is 0 Å². The number of tetrazole rings is 1. The predicted octanol–water partition coefficient (Wildman–Crippen LogP) is 2.96. The number of benzene rings is 2. The van der Waals surface area contributed by atoms with E-state index in [1.165, 1.54) is 12.4 Å². The Kier molecular flexibility index (Phi) is 3.96. The zero-order chi connectivity index (χ0) is 18.1. The van der Waals surface area contributed by atoms with Crippen LogP contribution >= 0.6 is 0 Å². The second-order valence-electron chi connectivity index (χ2n) is 6.02. The van der Waals surface area contributed by atoms with Crippen LogP contribution in [0.3, 0.4) is 0 Å². The van der Waals surface area contributed by atoms with E-state index in [4.69, 9.17) is 9.15 Å². The highest BCUT2D eigenvalue weighted by Gasteiger charge is 2.10. The summed E-state index contributed by atoms with van der Waals surface area (Å²) in [7, 11) is 0. The molecule has 0 N–H and O–H groups in total. The Hall–Kier alpha value is -3.48. The Morgan fingerprint density at radius 2 is 2.04 bits per heavy atom. The van der Waals surface area contributed by atoms with Crippen LogP contribution in [0.2, 0.25) is 0 Å². The summed E-state index contributed by atoms with van der Waals surface area (Å²) in [4.78, 5) is 11.9. The van der Waals surface area contributed by atoms with Gasteiger partial charge in [0.1, 0.15) is 24.3 Å². The van der Waals surface area contributed by atoms with Gasteiger partial charge in [-0.1, -0.05) is 18.2 Å². The van der Waals surface area contributed by atoms with Crippen LogP contribution in [-0.4, -0.2) is 20.2 Å². The number of rotatable bonds is 4. The maximum absolute atomic E-state index is 11.9. The molecule has 0 aliphatic carbocycles. The molecule has 7 heteroatoms. The van der Waals surface area contributed by atoms with Gasteiger partial charge < -0.3 is 9.15 Å². The van der Waals surface area contributed by atoms with Crippen molar-refractivity contribution in [3.63, 3.8) is 0 Å². The van der Waals surface area contributed by atoms with E-state index in [0.717, 1.165) is 27.8 Å². The Morgan fingerprint density at radius 3 is 2.85 bits per heavy atom. The average molecular weight is 348 g/mol. The maximum atomic E-state index is 11.9. The van der Waals surface area contributed by atoms with Crippen molar-refractivity contribution >= 4 is 11.0 Å². The summed E-state index contributed by atoms with van der Waals surface area (Å²) in [5.74, 6) is 0.656. The van der Waals surface area contributed by atoms with Crippen molar-refractivity contribution in [3.8, 4) is 11.4 Å². The molecule has 0 spiro atoms. The van der Waals surface area contributed by atoms with E-state index < -0.39 is 0 Å². The van der Waals surface area contributed by atoms with Crippen molar-refractivity contribution in [1.29, 1.82) is 0 Å². The van der Waals surface area contributed by atoms with Crippen molar-refractivity contribution in [2.24, 2.45) is 0 Å². The topological polar surface area (TPSA) is 83.0 Å². The van der Waals surface area contributed by atoms with Gasteiger partial charge >= 0.3 is 5.63 Å². The summed E-state index contributed by atoms with van der Waals surface area (Å²) >= 11 is 0. The summed E-state index contributed by atoms with van der Waals surface area (Å²) in [6.45, 7) is 4.19. The number of aromatic nitrogens is 4. The zero-order valence-electron chi connectivity index (χ0n) is 14.3. The second-order valence-corrected chi connectivity index (χ2v) is 6.02. The van der Waals surface area contributed by atoms with Crippen LogP contribution in [0, 0.1) is 13.8 Å². The van der Waals surface area contributed by atoms with E-state index >= 15 is 0 Å². The van der Waals surface area contributed by atoms with Gasteiger partial charge in [0, 0.05) is 23.1 Å². The summed E-state index contributed by atoms with van der Waals surface area (Å²) in [6.07, 6.45) is 1.51. The fourth-order valence-corrected chi connectivity index (χ4v) is 2.80. The van der Waals surface area contributed by atoms with Gasteiger partial charge in [0.05, 0.1) is 5.69 Å². The number of hydrogen-bond donors (Lipinski definition) is 0. The minimum Gasteiger partial charge on any atom is -0.489 e. The molecule has 26 heavy (non-hydrogen) atoms. The number of ether oxygens (including phenoxy) is 1. The summed E-state index contributed by atoms with van der Waals surface area (Å²) in [5, 5.41) is 12.0. The van der Waals surface area contributed by atoms with Crippen LogP contribution in [0.15, 0.2) is 58.0 Å². The zero-order valence-corrected chi connectivity index (χ0v) is 14.3. The van der Waals surface area contributed by atoms with Gasteiger partial charge in [-0.3, -0.25) is 0 Å². The Labute approximate surface area is 148 Å². The van der Waals surface area contributed by atoms with Gasteiger partial charge in [-0.15, -0.1) is 5.10 Å². The van der Waals surface area contributed by atoms with Gasteiger partial charge in [-0.25, -0.2) is 9.48 Å². The highest BCUT2D eigenvalue weighted by Crippen LogP contribution is 2.24. The molecular weight excluding hydrogens is 332 g/mol. The third-order valence-electron chi connectivity index (χ3n) is 4.34. The lowest BCUT2D eigenvalue weighted by molar-refractivity contribution is 0.306. The second kappa shape index (κ2) is 6.44. The first kappa shape index (κ1) is 16.0. The molecule has 4 aromatic rings. The first-order valence-electron chi connectivity index (χ1n) is 8.11. The molecule has 0 saturated carbocycles. The summed E-state index contributed by atoms with van der Waals surface area (Å²) in [6, 6.07) is 12.9. The van der Waals surface area contributed by atoms with Crippen molar-refractivity contribution in [3.05, 3.63) is 75.9 Å². The highest BCUT2D eigenvalue weighted by atomic mass is 16.5. The molecule has 2 aromatic carbocycles. The normalized spacial score (nSPS) is 11.0. The number of fused-ring (bicyclic) bond motifs is 1. The van der Waals surface area contributed by atoms with E-state index in [-0.39, 0.29) is 12.2 Å². The standard InChI is InChI=1S/C19H16N4O3/c1-12-6-7-17-14(8-18(24)26-19(17)13(12)2)10-25-16-5-3-4-15(9-16)23-11-20-21-22-23/h3-9,11H,10H2,1-2H3. The van der Waals surface area contributed by atoms with E-state index in [2.05, 4.69) is 15.5 Å². The molecule has 0 aliphatic rings. The molecular formula is C19H16N4O3. The van der Waals surface area contributed by atoms with Crippen molar-refractivity contribution in [1.82, 2.24) is 20.2 Å². The van der Waals surface area contributed by atoms with Crippen LogP contribution in [0.1, 0.15) is 16.7 Å². The lowest BCUT2D eigenvalue weighted by atomic mass is 10.0. The quantitative estimate of drug-likeness (QED) is 0.527. The first-order valence-corrected chi connectivity index (χ1v) is 8.11. The molecule has 4 rings (SSSR count). The van der Waals surface area contributed by atoms with Crippen molar-refractivity contribution in [2.45, 2.75) is 20.5 Å². The molecule has 0 aliphatic heterocycles. The fourth-order valence-electron chi connectivity index (χ4n) is 2.80. The minimum atomic E-state index is -0.382. The van der Waals surface area contributed by atoms with Gasteiger partial charge in [0.2, 0.25) is 0 Å². The maximum Gasteiger partial charge on any atom is 0.336 e. The predicted molar refractivity (Wildman–Crippen MR) is 95.4 cm³/mol. The van der Waals surface area contributed by atoms with Crippen LogP contribution in [0.5, 0.6) is 5.75 Å². The molecule has 0 amide bonds. The van der Waals surface area contributed by atoms with Crippen LogP contribution in [0.4, 0.5) is 0 Å². The molecule has 0 radical (unpaired) electrons. The largest absolute Gasteiger partial charge is 0.489 e. The van der Waals surface area contributed by atoms with Crippen LogP contribution in [0.25, 0.3) is 16.7 Å². The van der Waals surface area contributed by atoms with Crippen LogP contribution < -0.4 is 10.4 Å². The SMILES string of the molecule is Cc1ccc2c(COc3cccc(-n4cnnn4)c3)cc(=O)oc2c1C. The lowest BCUT2D eigenvalue weighted by Crippen LogP contribution is -2.05. The number of hydrogen-bond acceptors (Lipinski definition) is 6. The highest BCUT2D eigenvalue weighted by molar-refractivity contribution is 5.83. The first-order chi connectivity index (χ1) is 12.6. The lowest BCUT2D eigenvalue weighted by Gasteiger charge is -2.11. The molecule has 0 unspecified atom stereocenters. The van der Waals surface area contributed by atoms with E-state index in [1.807, 2.05) is 50.2 Å². The molecule has 2 heterocycles.